The van der Waals surface area contributed by atoms with Crippen molar-refractivity contribution in [3.05, 3.63) is 0 Å². The van der Waals surface area contributed by atoms with Gasteiger partial charge in [-0.3, -0.25) is 0 Å². The molecule has 0 aliphatic carbocycles. The van der Waals surface area contributed by atoms with Crippen molar-refractivity contribution in [1.82, 2.24) is 5.32 Å². The Labute approximate surface area is 69.3 Å². The molecule has 2 heteroatoms. The Kier molecular flexibility index (Phi) is 5.91. The maximum Gasteiger partial charge on any atom is 0.0671 e. The minimum absolute atomic E-state index is 0.137. The molecule has 0 aromatic heterocycles. The number of hydrogen-bond donors (Lipinski definition) is 1. The van der Waals surface area contributed by atoms with Crippen molar-refractivity contribution in [3.63, 3.8) is 0 Å². The van der Waals surface area contributed by atoms with Crippen LogP contribution in [-0.4, -0.2) is 25.3 Å². The summed E-state index contributed by atoms with van der Waals surface area (Å²) >= 11 is 0. The molecular weight excluding hydrogens is 138 g/mol. The third kappa shape index (κ3) is 5.90. The molecule has 0 bridgehead atoms. The molecule has 0 aliphatic rings. The molecule has 0 fully saturated rings. The molecule has 11 heavy (non-hydrogen) atoms. The van der Waals surface area contributed by atoms with Crippen molar-refractivity contribution in [2.75, 3.05) is 13.2 Å². The van der Waals surface area contributed by atoms with Crippen LogP contribution in [0.15, 0.2) is 0 Å². The van der Waals surface area contributed by atoms with Crippen LogP contribution in [-0.2, 0) is 4.74 Å². The molecule has 0 spiro atoms. The van der Waals surface area contributed by atoms with E-state index in [1.54, 1.807) is 0 Å². The molecule has 0 aliphatic heterocycles. The van der Waals surface area contributed by atoms with Gasteiger partial charge >= 0.3 is 0 Å². The van der Waals surface area contributed by atoms with Crippen molar-refractivity contribution in [2.45, 2.75) is 32.9 Å². The quantitative estimate of drug-likeness (QED) is 0.599. The smallest absolute Gasteiger partial charge is 0.0671 e. The molecule has 2 atom stereocenters. The van der Waals surface area contributed by atoms with E-state index >= 15 is 0 Å². The average Bonchev–Trinajstić information content (AvgIpc) is 2.01. The van der Waals surface area contributed by atoms with Crippen molar-refractivity contribution >= 4 is 0 Å². The van der Waals surface area contributed by atoms with Crippen LogP contribution >= 0.6 is 0 Å². The van der Waals surface area contributed by atoms with Crippen LogP contribution in [0.1, 0.15) is 20.8 Å². The van der Waals surface area contributed by atoms with Crippen LogP contribution in [0.25, 0.3) is 0 Å². The monoisotopic (exact) mass is 155 g/mol. The fourth-order valence-electron chi connectivity index (χ4n) is 0.745. The number of terminal acetylenes is 1. The van der Waals surface area contributed by atoms with Gasteiger partial charge in [0, 0.05) is 13.2 Å². The zero-order valence-electron chi connectivity index (χ0n) is 7.55. The largest absolute Gasteiger partial charge is 0.377 e. The minimum Gasteiger partial charge on any atom is -0.377 e. The van der Waals surface area contributed by atoms with Gasteiger partial charge in [-0.25, -0.2) is 0 Å². The van der Waals surface area contributed by atoms with E-state index in [1.807, 2.05) is 20.8 Å². The van der Waals surface area contributed by atoms with E-state index in [9.17, 15) is 0 Å². The molecule has 2 nitrogen and oxygen atoms in total. The second kappa shape index (κ2) is 6.21. The third-order valence-electron chi connectivity index (χ3n) is 1.41. The van der Waals surface area contributed by atoms with Crippen molar-refractivity contribution < 1.29 is 4.74 Å². The summed E-state index contributed by atoms with van der Waals surface area (Å²) in [5.41, 5.74) is 0. The Morgan fingerprint density at radius 2 is 2.18 bits per heavy atom. The van der Waals surface area contributed by atoms with Crippen LogP contribution in [0.3, 0.4) is 0 Å². The van der Waals surface area contributed by atoms with Gasteiger partial charge in [0.1, 0.15) is 0 Å². The molecule has 64 valence electrons. The summed E-state index contributed by atoms with van der Waals surface area (Å²) in [4.78, 5) is 0. The third-order valence-corrected chi connectivity index (χ3v) is 1.41. The first-order valence-corrected chi connectivity index (χ1v) is 4.01. The molecule has 1 N–H and O–H groups in total. The number of ether oxygens (including phenoxy) is 1. The highest BCUT2D eigenvalue weighted by molar-refractivity contribution is 4.95. The summed E-state index contributed by atoms with van der Waals surface area (Å²) in [6.07, 6.45) is 5.43. The molecule has 2 unspecified atom stereocenters. The lowest BCUT2D eigenvalue weighted by Crippen LogP contribution is -2.32. The van der Waals surface area contributed by atoms with Gasteiger partial charge in [0.05, 0.1) is 12.1 Å². The van der Waals surface area contributed by atoms with Gasteiger partial charge in [-0.2, -0.15) is 0 Å². The van der Waals surface area contributed by atoms with E-state index < -0.39 is 0 Å². The Balaban J connectivity index is 3.31. The molecule has 0 radical (unpaired) electrons. The van der Waals surface area contributed by atoms with E-state index in [0.717, 1.165) is 13.2 Å². The first-order chi connectivity index (χ1) is 5.20. The van der Waals surface area contributed by atoms with E-state index in [1.165, 1.54) is 0 Å². The molecule has 0 amide bonds. The van der Waals surface area contributed by atoms with Crippen molar-refractivity contribution in [1.29, 1.82) is 0 Å². The highest BCUT2D eigenvalue weighted by Crippen LogP contribution is 1.88. The number of nitrogens with one attached hydrogen (secondary N) is 1. The predicted molar refractivity (Wildman–Crippen MR) is 47.4 cm³/mol. The lowest BCUT2D eigenvalue weighted by atomic mass is 10.3. The summed E-state index contributed by atoms with van der Waals surface area (Å²) < 4.78 is 5.31. The second-order valence-corrected chi connectivity index (χ2v) is 2.56. The topological polar surface area (TPSA) is 21.3 Å². The predicted octanol–water partition coefficient (Wildman–Crippen LogP) is 1.02. The van der Waals surface area contributed by atoms with Gasteiger partial charge in [0.2, 0.25) is 0 Å². The highest BCUT2D eigenvalue weighted by atomic mass is 16.5. The first-order valence-electron chi connectivity index (χ1n) is 4.01. The van der Waals surface area contributed by atoms with Gasteiger partial charge in [-0.1, -0.05) is 5.92 Å². The summed E-state index contributed by atoms with van der Waals surface area (Å²) in [6.45, 7) is 7.55. The molecular formula is C9H17NO. The van der Waals surface area contributed by atoms with Crippen LogP contribution in [0.4, 0.5) is 0 Å². The van der Waals surface area contributed by atoms with E-state index in [4.69, 9.17) is 11.2 Å². The minimum atomic E-state index is 0.137. The summed E-state index contributed by atoms with van der Waals surface area (Å²) in [5.74, 6) is 2.60. The molecule has 0 saturated heterocycles. The maximum absolute atomic E-state index is 5.31. The Hall–Kier alpha value is -0.520. The maximum atomic E-state index is 5.31. The standard InChI is InChI=1S/C9H17NO/c1-5-8(3)10-7-9(4)11-6-2/h1,8-10H,6-7H2,2-4H3. The summed E-state index contributed by atoms with van der Waals surface area (Å²) in [5, 5.41) is 3.16. The molecule has 0 heterocycles. The fourth-order valence-corrected chi connectivity index (χ4v) is 0.745. The van der Waals surface area contributed by atoms with Gasteiger partial charge in [-0.05, 0) is 20.8 Å². The van der Waals surface area contributed by atoms with E-state index in [0.29, 0.717) is 0 Å². The second-order valence-electron chi connectivity index (χ2n) is 2.56. The number of hydrogen-bond acceptors (Lipinski definition) is 2. The fraction of sp³-hybridized carbons (Fsp3) is 0.778. The zero-order chi connectivity index (χ0) is 8.69. The molecule has 0 saturated carbocycles. The van der Waals surface area contributed by atoms with Crippen LogP contribution in [0.2, 0.25) is 0 Å². The molecule has 0 aromatic rings. The van der Waals surface area contributed by atoms with E-state index in [-0.39, 0.29) is 12.1 Å². The lowest BCUT2D eigenvalue weighted by Gasteiger charge is -2.13. The van der Waals surface area contributed by atoms with Gasteiger partial charge in [0.25, 0.3) is 0 Å². The molecule has 0 aromatic carbocycles. The normalized spacial score (nSPS) is 15.5. The van der Waals surface area contributed by atoms with Gasteiger partial charge in [0.15, 0.2) is 0 Å². The zero-order valence-corrected chi connectivity index (χ0v) is 7.55. The van der Waals surface area contributed by atoms with Crippen molar-refractivity contribution in [2.24, 2.45) is 0 Å². The van der Waals surface area contributed by atoms with Crippen LogP contribution < -0.4 is 5.32 Å². The lowest BCUT2D eigenvalue weighted by molar-refractivity contribution is 0.0755. The van der Waals surface area contributed by atoms with Crippen LogP contribution in [0.5, 0.6) is 0 Å². The Morgan fingerprint density at radius 1 is 1.55 bits per heavy atom. The van der Waals surface area contributed by atoms with Crippen molar-refractivity contribution in [3.8, 4) is 12.3 Å². The summed E-state index contributed by atoms with van der Waals surface area (Å²) in [7, 11) is 0. The average molecular weight is 155 g/mol. The van der Waals surface area contributed by atoms with Crippen LogP contribution in [0, 0.1) is 12.3 Å². The Morgan fingerprint density at radius 3 is 2.64 bits per heavy atom. The SMILES string of the molecule is C#CC(C)NCC(C)OCC. The van der Waals surface area contributed by atoms with Gasteiger partial charge in [-0.15, -0.1) is 6.42 Å². The number of rotatable bonds is 5. The van der Waals surface area contributed by atoms with Gasteiger partial charge < -0.3 is 10.1 Å². The summed E-state index contributed by atoms with van der Waals surface area (Å²) in [6, 6.07) is 0.137. The highest BCUT2D eigenvalue weighted by Gasteiger charge is 2.01. The molecule has 0 rings (SSSR count). The first kappa shape index (κ1) is 10.5. The van der Waals surface area contributed by atoms with E-state index in [2.05, 4.69) is 11.2 Å². The Bertz CT molecular complexity index is 128.